The predicted octanol–water partition coefficient (Wildman–Crippen LogP) is 5.17. The van der Waals surface area contributed by atoms with Gasteiger partial charge >= 0.3 is 0 Å². The van der Waals surface area contributed by atoms with Crippen molar-refractivity contribution in [3.05, 3.63) is 53.9 Å². The summed E-state index contributed by atoms with van der Waals surface area (Å²) in [4.78, 5) is 9.22. The lowest BCUT2D eigenvalue weighted by atomic mass is 10.2. The van der Waals surface area contributed by atoms with E-state index < -0.39 is 0 Å². The second-order valence-electron chi connectivity index (χ2n) is 4.88. The zero-order valence-electron chi connectivity index (χ0n) is 12.3. The molecule has 0 amide bonds. The van der Waals surface area contributed by atoms with Crippen LogP contribution in [0.2, 0.25) is 0 Å². The summed E-state index contributed by atoms with van der Waals surface area (Å²) in [7, 11) is 1.66. The van der Waals surface area contributed by atoms with Gasteiger partial charge in [0.15, 0.2) is 10.3 Å². The molecule has 0 spiro atoms. The van der Waals surface area contributed by atoms with Crippen LogP contribution in [0.1, 0.15) is 0 Å². The first kappa shape index (κ1) is 14.2. The van der Waals surface area contributed by atoms with Gasteiger partial charge in [-0.25, -0.2) is 9.97 Å². The number of ether oxygens (including phenoxy) is 1. The van der Waals surface area contributed by atoms with Crippen molar-refractivity contribution < 1.29 is 4.74 Å². The Hall–Kier alpha value is -2.44. The Kier molecular flexibility index (Phi) is 3.69. The number of nitrogens with zero attached hydrogens (tertiary/aromatic N) is 2. The lowest BCUT2D eigenvalue weighted by Crippen LogP contribution is -1.88. The van der Waals surface area contributed by atoms with E-state index in [1.807, 2.05) is 41.8 Å². The van der Waals surface area contributed by atoms with E-state index in [-0.39, 0.29) is 0 Å². The van der Waals surface area contributed by atoms with Crippen molar-refractivity contribution in [1.29, 1.82) is 0 Å². The van der Waals surface area contributed by atoms with Crippen molar-refractivity contribution in [1.82, 2.24) is 9.97 Å². The van der Waals surface area contributed by atoms with Crippen molar-refractivity contribution in [2.75, 3.05) is 12.4 Å². The Morgan fingerprint density at radius 3 is 2.70 bits per heavy atom. The minimum atomic E-state index is 0.815. The summed E-state index contributed by atoms with van der Waals surface area (Å²) in [6, 6.07) is 16.1. The second kappa shape index (κ2) is 5.98. The molecule has 0 aliphatic carbocycles. The Morgan fingerprint density at radius 2 is 1.87 bits per heavy atom. The van der Waals surface area contributed by atoms with E-state index in [4.69, 9.17) is 4.74 Å². The zero-order chi connectivity index (χ0) is 15.6. The highest BCUT2D eigenvalue weighted by atomic mass is 32.1. The molecule has 23 heavy (non-hydrogen) atoms. The third-order valence-electron chi connectivity index (χ3n) is 3.38. The van der Waals surface area contributed by atoms with Crippen LogP contribution < -0.4 is 10.1 Å². The smallest absolute Gasteiger partial charge is 0.190 e. The lowest BCUT2D eigenvalue weighted by molar-refractivity contribution is 0.415. The van der Waals surface area contributed by atoms with Gasteiger partial charge in [0.1, 0.15) is 5.75 Å². The zero-order valence-corrected chi connectivity index (χ0v) is 13.9. The van der Waals surface area contributed by atoms with Crippen molar-refractivity contribution in [2.45, 2.75) is 0 Å². The number of methoxy groups -OCH3 is 1. The highest BCUT2D eigenvalue weighted by Crippen LogP contribution is 2.32. The van der Waals surface area contributed by atoms with Gasteiger partial charge in [-0.1, -0.05) is 41.7 Å². The number of fused-ring (bicyclic) bond motifs is 1. The van der Waals surface area contributed by atoms with Crippen LogP contribution in [-0.4, -0.2) is 17.1 Å². The number of hydrogen-bond acceptors (Lipinski definition) is 6. The molecular weight excluding hydrogens is 326 g/mol. The molecule has 1 N–H and O–H groups in total. The molecule has 2 heterocycles. The third-order valence-corrected chi connectivity index (χ3v) is 5.09. The standard InChI is InChI=1S/C17H13N3OS2/c1-21-12-7-8-15-13(9-12)18-17(23-15)20-16-19-14(10-22-16)11-5-3-2-4-6-11/h2-10H,1H3,(H,18,19,20). The topological polar surface area (TPSA) is 47.0 Å². The highest BCUT2D eigenvalue weighted by molar-refractivity contribution is 7.22. The largest absolute Gasteiger partial charge is 0.497 e. The molecule has 0 bridgehead atoms. The van der Waals surface area contributed by atoms with Crippen molar-refractivity contribution >= 4 is 43.2 Å². The van der Waals surface area contributed by atoms with Gasteiger partial charge < -0.3 is 10.1 Å². The van der Waals surface area contributed by atoms with Crippen LogP contribution >= 0.6 is 22.7 Å². The van der Waals surface area contributed by atoms with Gasteiger partial charge in [-0.2, -0.15) is 0 Å². The average molecular weight is 339 g/mol. The summed E-state index contributed by atoms with van der Waals surface area (Å²) >= 11 is 3.18. The SMILES string of the molecule is COc1ccc2sc(Nc3nc(-c4ccccc4)cs3)nc2c1. The maximum atomic E-state index is 5.24. The van der Waals surface area contributed by atoms with Gasteiger partial charge in [-0.15, -0.1) is 11.3 Å². The van der Waals surface area contributed by atoms with Crippen LogP contribution in [0.25, 0.3) is 21.5 Å². The Labute approximate surface area is 141 Å². The molecule has 0 radical (unpaired) electrons. The molecule has 6 heteroatoms. The van der Waals surface area contributed by atoms with E-state index in [0.29, 0.717) is 0 Å². The molecule has 0 saturated carbocycles. The molecule has 114 valence electrons. The first-order valence-electron chi connectivity index (χ1n) is 7.04. The van der Waals surface area contributed by atoms with Crippen molar-refractivity contribution in [3.8, 4) is 17.0 Å². The second-order valence-corrected chi connectivity index (χ2v) is 6.77. The fourth-order valence-corrected chi connectivity index (χ4v) is 3.88. The maximum absolute atomic E-state index is 5.24. The summed E-state index contributed by atoms with van der Waals surface area (Å²) < 4.78 is 6.35. The molecule has 4 nitrogen and oxygen atoms in total. The minimum Gasteiger partial charge on any atom is -0.497 e. The fourth-order valence-electron chi connectivity index (χ4n) is 2.25. The van der Waals surface area contributed by atoms with Crippen LogP contribution in [0.4, 0.5) is 10.3 Å². The lowest BCUT2D eigenvalue weighted by Gasteiger charge is -1.96. The van der Waals surface area contributed by atoms with E-state index in [1.54, 1.807) is 29.8 Å². The van der Waals surface area contributed by atoms with Crippen molar-refractivity contribution in [3.63, 3.8) is 0 Å². The molecule has 0 aliphatic heterocycles. The minimum absolute atomic E-state index is 0.815. The molecule has 0 atom stereocenters. The highest BCUT2D eigenvalue weighted by Gasteiger charge is 2.08. The van der Waals surface area contributed by atoms with E-state index in [2.05, 4.69) is 27.4 Å². The summed E-state index contributed by atoms with van der Waals surface area (Å²) in [5, 5.41) is 7.02. The Balaban J connectivity index is 1.60. The normalized spacial score (nSPS) is 10.8. The summed E-state index contributed by atoms with van der Waals surface area (Å²) in [6.45, 7) is 0. The summed E-state index contributed by atoms with van der Waals surface area (Å²) in [6.07, 6.45) is 0. The van der Waals surface area contributed by atoms with E-state index in [0.717, 1.165) is 37.5 Å². The van der Waals surface area contributed by atoms with Gasteiger partial charge in [0.25, 0.3) is 0 Å². The number of aromatic nitrogens is 2. The molecule has 0 saturated heterocycles. The van der Waals surface area contributed by atoms with Crippen molar-refractivity contribution in [2.24, 2.45) is 0 Å². The number of benzene rings is 2. The number of anilines is 2. The van der Waals surface area contributed by atoms with Crippen LogP contribution in [0.15, 0.2) is 53.9 Å². The molecule has 4 rings (SSSR count). The van der Waals surface area contributed by atoms with Crippen LogP contribution in [0.3, 0.4) is 0 Å². The molecule has 0 aliphatic rings. The van der Waals surface area contributed by atoms with Crippen LogP contribution in [0, 0.1) is 0 Å². The quantitative estimate of drug-likeness (QED) is 0.557. The Bertz CT molecular complexity index is 947. The van der Waals surface area contributed by atoms with Crippen LogP contribution in [-0.2, 0) is 0 Å². The monoisotopic (exact) mass is 339 g/mol. The summed E-state index contributed by atoms with van der Waals surface area (Å²) in [5.41, 5.74) is 3.02. The molecule has 4 aromatic rings. The van der Waals surface area contributed by atoms with E-state index in [9.17, 15) is 0 Å². The Morgan fingerprint density at radius 1 is 1.00 bits per heavy atom. The fraction of sp³-hybridized carbons (Fsp3) is 0.0588. The van der Waals surface area contributed by atoms with E-state index in [1.165, 1.54) is 0 Å². The van der Waals surface area contributed by atoms with E-state index >= 15 is 0 Å². The van der Waals surface area contributed by atoms with Gasteiger partial charge in [0.2, 0.25) is 0 Å². The molecule has 2 aromatic carbocycles. The number of rotatable bonds is 4. The van der Waals surface area contributed by atoms with Gasteiger partial charge in [-0.3, -0.25) is 0 Å². The molecule has 0 fully saturated rings. The first-order valence-corrected chi connectivity index (χ1v) is 8.74. The predicted molar refractivity (Wildman–Crippen MR) is 97.0 cm³/mol. The van der Waals surface area contributed by atoms with Crippen LogP contribution in [0.5, 0.6) is 5.75 Å². The first-order chi connectivity index (χ1) is 11.3. The summed E-state index contributed by atoms with van der Waals surface area (Å²) in [5.74, 6) is 0.815. The molecule has 2 aromatic heterocycles. The maximum Gasteiger partial charge on any atom is 0.190 e. The molecule has 0 unspecified atom stereocenters. The van der Waals surface area contributed by atoms with Gasteiger partial charge in [0.05, 0.1) is 23.0 Å². The third kappa shape index (κ3) is 2.91. The number of thiazole rings is 2. The van der Waals surface area contributed by atoms with Gasteiger partial charge in [0, 0.05) is 17.0 Å². The molecular formula is C17H13N3OS2. The number of nitrogens with one attached hydrogen (secondary N) is 1. The average Bonchev–Trinajstić information content (AvgIpc) is 3.21. The number of hydrogen-bond donors (Lipinski definition) is 1. The van der Waals surface area contributed by atoms with Gasteiger partial charge in [-0.05, 0) is 12.1 Å².